The second-order valence-corrected chi connectivity index (χ2v) is 5.96. The first-order chi connectivity index (χ1) is 9.39. The maximum atomic E-state index is 11.5. The van der Waals surface area contributed by atoms with Crippen LogP contribution in [0.2, 0.25) is 0 Å². The highest BCUT2D eigenvalue weighted by Crippen LogP contribution is 2.20. The van der Waals surface area contributed by atoms with Gasteiger partial charge in [-0.05, 0) is 18.2 Å². The van der Waals surface area contributed by atoms with E-state index in [2.05, 4.69) is 14.8 Å². The second-order valence-electron chi connectivity index (χ2n) is 4.04. The fourth-order valence-corrected chi connectivity index (χ4v) is 2.52. The molecule has 0 heterocycles. The SMILES string of the molecule is CCNS(=O)(=O)CCNc1cc(C(=O)OC)ccc1N. The van der Waals surface area contributed by atoms with Crippen LogP contribution in [0.5, 0.6) is 0 Å². The van der Waals surface area contributed by atoms with Crippen molar-refractivity contribution in [3.63, 3.8) is 0 Å². The Bertz CT molecular complexity index is 572. The minimum Gasteiger partial charge on any atom is -0.465 e. The number of rotatable bonds is 7. The van der Waals surface area contributed by atoms with E-state index in [0.717, 1.165) is 0 Å². The van der Waals surface area contributed by atoms with Crippen LogP contribution in [0.4, 0.5) is 11.4 Å². The van der Waals surface area contributed by atoms with Gasteiger partial charge in [0, 0.05) is 13.1 Å². The number of anilines is 2. The Hall–Kier alpha value is -1.80. The largest absolute Gasteiger partial charge is 0.465 e. The first-order valence-corrected chi connectivity index (χ1v) is 7.74. The molecule has 0 fully saturated rings. The molecule has 0 atom stereocenters. The van der Waals surface area contributed by atoms with Gasteiger partial charge in [-0.3, -0.25) is 0 Å². The summed E-state index contributed by atoms with van der Waals surface area (Å²) in [6.45, 7) is 2.25. The minimum atomic E-state index is -3.29. The van der Waals surface area contributed by atoms with Crippen molar-refractivity contribution in [3.05, 3.63) is 23.8 Å². The van der Waals surface area contributed by atoms with Gasteiger partial charge in [-0.15, -0.1) is 0 Å². The quantitative estimate of drug-likeness (QED) is 0.497. The highest BCUT2D eigenvalue weighted by Gasteiger charge is 2.10. The summed E-state index contributed by atoms with van der Waals surface area (Å²) in [5.74, 6) is -0.559. The minimum absolute atomic E-state index is 0.0806. The van der Waals surface area contributed by atoms with Crippen LogP contribution in [0.1, 0.15) is 17.3 Å². The summed E-state index contributed by atoms with van der Waals surface area (Å²) >= 11 is 0. The number of carbonyl (C=O) groups is 1. The summed E-state index contributed by atoms with van der Waals surface area (Å²) < 4.78 is 29.9. The Morgan fingerprint density at radius 3 is 2.70 bits per heavy atom. The lowest BCUT2D eigenvalue weighted by molar-refractivity contribution is 0.0601. The summed E-state index contributed by atoms with van der Waals surface area (Å²) in [6, 6.07) is 4.64. The molecule has 0 aliphatic heterocycles. The fourth-order valence-electron chi connectivity index (χ4n) is 1.57. The van der Waals surface area contributed by atoms with Crippen molar-refractivity contribution >= 4 is 27.4 Å². The van der Waals surface area contributed by atoms with Crippen LogP contribution >= 0.6 is 0 Å². The average molecular weight is 301 g/mol. The molecule has 0 radical (unpaired) electrons. The van der Waals surface area contributed by atoms with Gasteiger partial charge in [0.05, 0.1) is 29.8 Å². The number of nitrogens with two attached hydrogens (primary N) is 1. The Morgan fingerprint density at radius 2 is 2.10 bits per heavy atom. The lowest BCUT2D eigenvalue weighted by Crippen LogP contribution is -2.29. The number of methoxy groups -OCH3 is 1. The van der Waals surface area contributed by atoms with Crippen molar-refractivity contribution < 1.29 is 17.9 Å². The molecule has 0 saturated heterocycles. The van der Waals surface area contributed by atoms with E-state index in [1.54, 1.807) is 19.1 Å². The molecule has 0 aromatic heterocycles. The third-order valence-electron chi connectivity index (χ3n) is 2.52. The highest BCUT2D eigenvalue weighted by atomic mass is 32.2. The molecule has 7 nitrogen and oxygen atoms in total. The van der Waals surface area contributed by atoms with Crippen molar-refractivity contribution in [2.75, 3.05) is 37.0 Å². The molecule has 0 aliphatic rings. The van der Waals surface area contributed by atoms with Crippen molar-refractivity contribution in [2.45, 2.75) is 6.92 Å². The number of hydrogen-bond donors (Lipinski definition) is 3. The molecule has 0 saturated carbocycles. The van der Waals surface area contributed by atoms with Crippen molar-refractivity contribution in [1.29, 1.82) is 0 Å². The zero-order chi connectivity index (χ0) is 15.2. The zero-order valence-electron chi connectivity index (χ0n) is 11.5. The van der Waals surface area contributed by atoms with Crippen LogP contribution in [-0.2, 0) is 14.8 Å². The zero-order valence-corrected chi connectivity index (χ0v) is 12.3. The third kappa shape index (κ3) is 4.71. The average Bonchev–Trinajstić information content (AvgIpc) is 2.39. The molecule has 0 unspecified atom stereocenters. The fraction of sp³-hybridized carbons (Fsp3) is 0.417. The standard InChI is InChI=1S/C12H19N3O4S/c1-3-15-20(17,18)7-6-14-11-8-9(12(16)19-2)4-5-10(11)13/h4-5,8,14-15H,3,6-7,13H2,1-2H3. The molecule has 1 rings (SSSR count). The number of carbonyl (C=O) groups excluding carboxylic acids is 1. The van der Waals surface area contributed by atoms with Gasteiger partial charge in [-0.25, -0.2) is 17.9 Å². The molecule has 112 valence electrons. The Labute approximate surface area is 118 Å². The number of nitrogens with one attached hydrogen (secondary N) is 2. The Morgan fingerprint density at radius 1 is 1.40 bits per heavy atom. The van der Waals surface area contributed by atoms with E-state index in [0.29, 0.717) is 23.5 Å². The van der Waals surface area contributed by atoms with Crippen LogP contribution < -0.4 is 15.8 Å². The first kappa shape index (κ1) is 16.3. The summed E-state index contributed by atoms with van der Waals surface area (Å²) in [7, 11) is -2.00. The van der Waals surface area contributed by atoms with Crippen molar-refractivity contribution in [2.24, 2.45) is 0 Å². The van der Waals surface area contributed by atoms with Crippen molar-refractivity contribution in [1.82, 2.24) is 4.72 Å². The number of esters is 1. The van der Waals surface area contributed by atoms with E-state index < -0.39 is 16.0 Å². The van der Waals surface area contributed by atoms with E-state index in [4.69, 9.17) is 5.73 Å². The predicted octanol–water partition coefficient (Wildman–Crippen LogP) is 0.407. The summed E-state index contributed by atoms with van der Waals surface area (Å²) in [6.07, 6.45) is 0. The van der Waals surface area contributed by atoms with Gasteiger partial charge in [0.15, 0.2) is 0 Å². The van der Waals surface area contributed by atoms with Crippen LogP contribution in [0.3, 0.4) is 0 Å². The van der Waals surface area contributed by atoms with Gasteiger partial charge in [0.1, 0.15) is 0 Å². The number of nitrogen functional groups attached to an aromatic ring is 1. The van der Waals surface area contributed by atoms with Crippen LogP contribution in [-0.4, -0.2) is 40.3 Å². The molecule has 0 amide bonds. The molecule has 0 spiro atoms. The summed E-state index contributed by atoms with van der Waals surface area (Å²) in [5, 5.41) is 2.89. The number of hydrogen-bond acceptors (Lipinski definition) is 6. The molecule has 20 heavy (non-hydrogen) atoms. The van der Waals surface area contributed by atoms with Crippen LogP contribution in [0, 0.1) is 0 Å². The Balaban J connectivity index is 2.70. The molecular weight excluding hydrogens is 282 g/mol. The normalized spacial score (nSPS) is 11.1. The van der Waals surface area contributed by atoms with Gasteiger partial charge in [-0.1, -0.05) is 6.92 Å². The van der Waals surface area contributed by atoms with E-state index in [-0.39, 0.29) is 12.3 Å². The molecule has 1 aromatic carbocycles. The van der Waals surface area contributed by atoms with Gasteiger partial charge in [0.2, 0.25) is 10.0 Å². The predicted molar refractivity (Wildman–Crippen MR) is 78.1 cm³/mol. The molecule has 4 N–H and O–H groups in total. The molecule has 0 bridgehead atoms. The molecular formula is C12H19N3O4S. The van der Waals surface area contributed by atoms with E-state index >= 15 is 0 Å². The third-order valence-corrected chi connectivity index (χ3v) is 3.99. The number of benzene rings is 1. The Kier molecular flexibility index (Phi) is 5.78. The van der Waals surface area contributed by atoms with Crippen molar-refractivity contribution in [3.8, 4) is 0 Å². The smallest absolute Gasteiger partial charge is 0.337 e. The summed E-state index contributed by atoms with van der Waals surface area (Å²) in [4.78, 5) is 11.4. The molecule has 1 aromatic rings. The van der Waals surface area contributed by atoms with E-state index in [9.17, 15) is 13.2 Å². The second kappa shape index (κ2) is 7.11. The van der Waals surface area contributed by atoms with Gasteiger partial charge < -0.3 is 15.8 Å². The van der Waals surface area contributed by atoms with Crippen LogP contribution in [0.15, 0.2) is 18.2 Å². The lowest BCUT2D eigenvalue weighted by Gasteiger charge is -2.11. The first-order valence-electron chi connectivity index (χ1n) is 6.08. The lowest BCUT2D eigenvalue weighted by atomic mass is 10.1. The maximum Gasteiger partial charge on any atom is 0.337 e. The number of ether oxygens (including phenoxy) is 1. The summed E-state index contributed by atoms with van der Waals surface area (Å²) in [5.41, 5.74) is 7.03. The topological polar surface area (TPSA) is 111 Å². The van der Waals surface area contributed by atoms with Gasteiger partial charge >= 0.3 is 5.97 Å². The van der Waals surface area contributed by atoms with Gasteiger partial charge in [0.25, 0.3) is 0 Å². The molecule has 8 heteroatoms. The van der Waals surface area contributed by atoms with Crippen LogP contribution in [0.25, 0.3) is 0 Å². The monoisotopic (exact) mass is 301 g/mol. The highest BCUT2D eigenvalue weighted by molar-refractivity contribution is 7.89. The van der Waals surface area contributed by atoms with E-state index in [1.165, 1.54) is 13.2 Å². The molecule has 0 aliphatic carbocycles. The van der Waals surface area contributed by atoms with Gasteiger partial charge in [-0.2, -0.15) is 0 Å². The van der Waals surface area contributed by atoms with E-state index in [1.807, 2.05) is 0 Å². The maximum absolute atomic E-state index is 11.5. The number of sulfonamides is 1.